The standard InChI is InChI=1S/C19H24N2O/c1-3-4-8-19(22)21-14-17(18-7-5-6-13-20-18)16-11-9-15(2)10-12-16/h5-7,9-13,17H,3-4,8,14H2,1-2H3,(H,21,22). The lowest BCUT2D eigenvalue weighted by molar-refractivity contribution is -0.121. The largest absolute Gasteiger partial charge is 0.355 e. The van der Waals surface area contributed by atoms with Crippen molar-refractivity contribution in [1.82, 2.24) is 10.3 Å². The number of carbonyl (C=O) groups is 1. The zero-order valence-corrected chi connectivity index (χ0v) is 13.4. The Hall–Kier alpha value is -2.16. The van der Waals surface area contributed by atoms with Gasteiger partial charge in [0.2, 0.25) is 5.91 Å². The quantitative estimate of drug-likeness (QED) is 0.843. The minimum atomic E-state index is 0.0902. The van der Waals surface area contributed by atoms with Gasteiger partial charge in [0.15, 0.2) is 0 Å². The highest BCUT2D eigenvalue weighted by Gasteiger charge is 2.16. The molecule has 0 saturated heterocycles. The molecule has 1 N–H and O–H groups in total. The summed E-state index contributed by atoms with van der Waals surface area (Å²) in [6, 6.07) is 14.4. The van der Waals surface area contributed by atoms with Gasteiger partial charge in [-0.2, -0.15) is 0 Å². The Labute approximate surface area is 132 Å². The van der Waals surface area contributed by atoms with Gasteiger partial charge in [-0.15, -0.1) is 0 Å². The summed E-state index contributed by atoms with van der Waals surface area (Å²) in [5.74, 6) is 0.210. The third-order valence-corrected chi connectivity index (χ3v) is 3.79. The van der Waals surface area contributed by atoms with Gasteiger partial charge in [-0.1, -0.05) is 49.2 Å². The first-order chi connectivity index (χ1) is 10.7. The minimum absolute atomic E-state index is 0.0902. The average molecular weight is 296 g/mol. The van der Waals surface area contributed by atoms with Crippen LogP contribution in [0.4, 0.5) is 0 Å². The number of aryl methyl sites for hydroxylation is 1. The second-order valence-corrected chi connectivity index (χ2v) is 5.63. The molecule has 0 aliphatic carbocycles. The number of aromatic nitrogens is 1. The zero-order chi connectivity index (χ0) is 15.8. The summed E-state index contributed by atoms with van der Waals surface area (Å²) in [7, 11) is 0. The predicted octanol–water partition coefficient (Wildman–Crippen LogP) is 3.83. The maximum Gasteiger partial charge on any atom is 0.220 e. The van der Waals surface area contributed by atoms with Crippen LogP contribution in [0, 0.1) is 6.92 Å². The molecule has 1 amide bonds. The van der Waals surface area contributed by atoms with Crippen molar-refractivity contribution >= 4 is 5.91 Å². The van der Waals surface area contributed by atoms with Crippen LogP contribution in [0.2, 0.25) is 0 Å². The fraction of sp³-hybridized carbons (Fsp3) is 0.368. The monoisotopic (exact) mass is 296 g/mol. The fourth-order valence-corrected chi connectivity index (χ4v) is 2.42. The molecule has 116 valence electrons. The van der Waals surface area contributed by atoms with Crippen LogP contribution in [0.5, 0.6) is 0 Å². The van der Waals surface area contributed by atoms with E-state index in [1.54, 1.807) is 6.20 Å². The van der Waals surface area contributed by atoms with Gasteiger partial charge in [0.05, 0.1) is 0 Å². The Balaban J connectivity index is 2.12. The Morgan fingerprint density at radius 2 is 1.95 bits per heavy atom. The van der Waals surface area contributed by atoms with Crippen molar-refractivity contribution in [2.75, 3.05) is 6.54 Å². The van der Waals surface area contributed by atoms with Crippen molar-refractivity contribution in [2.45, 2.75) is 39.0 Å². The van der Waals surface area contributed by atoms with Crippen LogP contribution in [-0.2, 0) is 4.79 Å². The lowest BCUT2D eigenvalue weighted by atomic mass is 9.94. The summed E-state index contributed by atoms with van der Waals surface area (Å²) in [4.78, 5) is 16.4. The van der Waals surface area contributed by atoms with Crippen molar-refractivity contribution in [1.29, 1.82) is 0 Å². The van der Waals surface area contributed by atoms with Crippen molar-refractivity contribution in [3.8, 4) is 0 Å². The highest BCUT2D eigenvalue weighted by atomic mass is 16.1. The molecule has 22 heavy (non-hydrogen) atoms. The molecule has 0 radical (unpaired) electrons. The summed E-state index contributed by atoms with van der Waals surface area (Å²) in [6.07, 6.45) is 4.37. The number of rotatable bonds is 7. The van der Waals surface area contributed by atoms with E-state index < -0.39 is 0 Å². The Morgan fingerprint density at radius 3 is 2.59 bits per heavy atom. The van der Waals surface area contributed by atoms with Crippen LogP contribution >= 0.6 is 0 Å². The number of nitrogens with one attached hydrogen (secondary N) is 1. The molecular weight excluding hydrogens is 272 g/mol. The van der Waals surface area contributed by atoms with Crippen LogP contribution in [0.15, 0.2) is 48.7 Å². The van der Waals surface area contributed by atoms with Crippen molar-refractivity contribution in [3.63, 3.8) is 0 Å². The van der Waals surface area contributed by atoms with Gasteiger partial charge in [0.25, 0.3) is 0 Å². The summed E-state index contributed by atoms with van der Waals surface area (Å²) in [5, 5.41) is 3.05. The van der Waals surface area contributed by atoms with Gasteiger partial charge >= 0.3 is 0 Å². The average Bonchev–Trinajstić information content (AvgIpc) is 2.55. The molecule has 3 nitrogen and oxygen atoms in total. The SMILES string of the molecule is CCCCC(=O)NCC(c1ccc(C)cc1)c1ccccn1. The number of hydrogen-bond donors (Lipinski definition) is 1. The van der Waals surface area contributed by atoms with E-state index >= 15 is 0 Å². The van der Waals surface area contributed by atoms with Crippen LogP contribution in [-0.4, -0.2) is 17.4 Å². The number of nitrogens with zero attached hydrogens (tertiary/aromatic N) is 1. The predicted molar refractivity (Wildman–Crippen MR) is 89.8 cm³/mol. The van der Waals surface area contributed by atoms with Gasteiger partial charge in [-0.3, -0.25) is 9.78 Å². The first-order valence-electron chi connectivity index (χ1n) is 7.95. The maximum absolute atomic E-state index is 11.9. The maximum atomic E-state index is 11.9. The molecular formula is C19H24N2O. The van der Waals surface area contributed by atoms with Crippen molar-refractivity contribution in [2.24, 2.45) is 0 Å². The van der Waals surface area contributed by atoms with Crippen LogP contribution in [0.1, 0.15) is 48.9 Å². The second kappa shape index (κ2) is 8.32. The van der Waals surface area contributed by atoms with E-state index in [-0.39, 0.29) is 11.8 Å². The number of pyridine rings is 1. The van der Waals surface area contributed by atoms with Gasteiger partial charge < -0.3 is 5.32 Å². The Kier molecular flexibility index (Phi) is 6.13. The molecule has 0 spiro atoms. The van der Waals surface area contributed by atoms with Gasteiger partial charge in [0.1, 0.15) is 0 Å². The molecule has 0 saturated carbocycles. The smallest absolute Gasteiger partial charge is 0.220 e. The van der Waals surface area contributed by atoms with Crippen LogP contribution in [0.3, 0.4) is 0 Å². The highest BCUT2D eigenvalue weighted by Crippen LogP contribution is 2.22. The third kappa shape index (κ3) is 4.69. The number of hydrogen-bond acceptors (Lipinski definition) is 2. The normalized spacial score (nSPS) is 11.9. The first-order valence-corrected chi connectivity index (χ1v) is 7.95. The summed E-state index contributed by atoms with van der Waals surface area (Å²) < 4.78 is 0. The Morgan fingerprint density at radius 1 is 1.18 bits per heavy atom. The zero-order valence-electron chi connectivity index (χ0n) is 13.4. The molecule has 0 aliphatic rings. The minimum Gasteiger partial charge on any atom is -0.355 e. The number of amides is 1. The van der Waals surface area contributed by atoms with E-state index in [0.717, 1.165) is 18.5 Å². The van der Waals surface area contributed by atoms with E-state index in [2.05, 4.69) is 48.4 Å². The van der Waals surface area contributed by atoms with Crippen molar-refractivity contribution in [3.05, 3.63) is 65.5 Å². The fourth-order valence-electron chi connectivity index (χ4n) is 2.42. The molecule has 1 heterocycles. The first kappa shape index (κ1) is 16.2. The molecule has 0 aliphatic heterocycles. The van der Waals surface area contributed by atoms with Gasteiger partial charge in [-0.05, 0) is 31.0 Å². The summed E-state index contributed by atoms with van der Waals surface area (Å²) >= 11 is 0. The summed E-state index contributed by atoms with van der Waals surface area (Å²) in [6.45, 7) is 4.75. The van der Waals surface area contributed by atoms with E-state index in [9.17, 15) is 4.79 Å². The van der Waals surface area contributed by atoms with Crippen LogP contribution < -0.4 is 5.32 Å². The van der Waals surface area contributed by atoms with E-state index in [1.165, 1.54) is 11.1 Å². The molecule has 1 aromatic carbocycles. The summed E-state index contributed by atoms with van der Waals surface area (Å²) in [5.41, 5.74) is 3.40. The number of benzene rings is 1. The van der Waals surface area contributed by atoms with E-state index in [1.807, 2.05) is 18.2 Å². The van der Waals surface area contributed by atoms with Crippen LogP contribution in [0.25, 0.3) is 0 Å². The van der Waals surface area contributed by atoms with Crippen molar-refractivity contribution < 1.29 is 4.79 Å². The van der Waals surface area contributed by atoms with E-state index in [0.29, 0.717) is 13.0 Å². The molecule has 2 aromatic rings. The molecule has 0 bridgehead atoms. The molecule has 3 heteroatoms. The number of unbranched alkanes of at least 4 members (excludes halogenated alkanes) is 1. The third-order valence-electron chi connectivity index (χ3n) is 3.79. The highest BCUT2D eigenvalue weighted by molar-refractivity contribution is 5.75. The molecule has 2 rings (SSSR count). The lowest BCUT2D eigenvalue weighted by Crippen LogP contribution is -2.29. The van der Waals surface area contributed by atoms with E-state index in [4.69, 9.17) is 0 Å². The second-order valence-electron chi connectivity index (χ2n) is 5.63. The van der Waals surface area contributed by atoms with Gasteiger partial charge in [-0.25, -0.2) is 0 Å². The molecule has 1 unspecified atom stereocenters. The number of carbonyl (C=O) groups excluding carboxylic acids is 1. The topological polar surface area (TPSA) is 42.0 Å². The Bertz CT molecular complexity index is 578. The van der Waals surface area contributed by atoms with Gasteiger partial charge in [0, 0.05) is 30.8 Å². The molecule has 0 fully saturated rings. The molecule has 1 aromatic heterocycles. The molecule has 1 atom stereocenters. The lowest BCUT2D eigenvalue weighted by Gasteiger charge is -2.18.